The van der Waals surface area contributed by atoms with Gasteiger partial charge in [-0.25, -0.2) is 0 Å². The first kappa shape index (κ1) is 23.0. The normalized spacial score (nSPS) is 18.0. The summed E-state index contributed by atoms with van der Waals surface area (Å²) in [7, 11) is 1.41. The number of nitrogens with zero attached hydrogens (tertiary/aromatic N) is 1. The molecule has 0 radical (unpaired) electrons. The summed E-state index contributed by atoms with van der Waals surface area (Å²) in [6.07, 6.45) is 1.49. The molecule has 1 fully saturated rings. The lowest BCUT2D eigenvalue weighted by Crippen LogP contribution is -2.30. The van der Waals surface area contributed by atoms with E-state index in [0.717, 1.165) is 12.0 Å². The van der Waals surface area contributed by atoms with Crippen LogP contribution in [-0.2, 0) is 9.59 Å². The fraction of sp³-hybridized carbons (Fsp3) is 0.304. The van der Waals surface area contributed by atoms with Gasteiger partial charge in [-0.15, -0.1) is 0 Å². The van der Waals surface area contributed by atoms with Crippen LogP contribution in [0.25, 0.3) is 5.76 Å². The van der Waals surface area contributed by atoms with Crippen LogP contribution >= 0.6 is 23.2 Å². The third-order valence-electron chi connectivity index (χ3n) is 5.23. The highest BCUT2D eigenvalue weighted by Crippen LogP contribution is 2.43. The molecule has 0 aliphatic carbocycles. The average molecular weight is 464 g/mol. The highest BCUT2D eigenvalue weighted by molar-refractivity contribution is 6.46. The number of hydrogen-bond donors (Lipinski definition) is 2. The van der Waals surface area contributed by atoms with Crippen molar-refractivity contribution in [1.29, 1.82) is 0 Å². The number of aryl methyl sites for hydroxylation is 1. The Balaban J connectivity index is 2.28. The minimum atomic E-state index is -0.867. The number of ether oxygens (including phenoxy) is 1. The molecule has 1 aliphatic heterocycles. The monoisotopic (exact) mass is 463 g/mol. The number of unbranched alkanes of at least 4 members (excludes halogenated alkanes) is 1. The molecule has 1 aliphatic rings. The van der Waals surface area contributed by atoms with Gasteiger partial charge in [0.05, 0.1) is 34.3 Å². The van der Waals surface area contributed by atoms with E-state index in [0.29, 0.717) is 18.5 Å². The number of carbonyl (C=O) groups excluding carboxylic acids is 2. The summed E-state index contributed by atoms with van der Waals surface area (Å²) in [5.41, 5.74) is 1.38. The molecule has 1 heterocycles. The van der Waals surface area contributed by atoms with Gasteiger partial charge in [-0.05, 0) is 48.7 Å². The second kappa shape index (κ2) is 9.20. The molecule has 31 heavy (non-hydrogen) atoms. The van der Waals surface area contributed by atoms with Crippen LogP contribution < -0.4 is 4.74 Å². The van der Waals surface area contributed by atoms with Crippen LogP contribution in [0.5, 0.6) is 11.5 Å². The summed E-state index contributed by atoms with van der Waals surface area (Å²) in [6, 6.07) is 6.90. The number of halogens is 2. The molecule has 2 aromatic carbocycles. The maximum Gasteiger partial charge on any atom is 0.295 e. The number of amides is 1. The zero-order chi connectivity index (χ0) is 22.9. The quantitative estimate of drug-likeness (QED) is 0.347. The molecular formula is C23H23Cl2NO5. The minimum Gasteiger partial charge on any atom is -0.507 e. The van der Waals surface area contributed by atoms with Crippen LogP contribution in [0.3, 0.4) is 0 Å². The van der Waals surface area contributed by atoms with E-state index >= 15 is 0 Å². The largest absolute Gasteiger partial charge is 0.507 e. The predicted octanol–water partition coefficient (Wildman–Crippen LogP) is 5.24. The Kier molecular flexibility index (Phi) is 6.82. The molecule has 0 spiro atoms. The average Bonchev–Trinajstić information content (AvgIpc) is 2.97. The van der Waals surface area contributed by atoms with Gasteiger partial charge in [-0.1, -0.05) is 42.6 Å². The Morgan fingerprint density at radius 1 is 1.16 bits per heavy atom. The third kappa shape index (κ3) is 4.23. The van der Waals surface area contributed by atoms with E-state index in [1.54, 1.807) is 25.1 Å². The summed E-state index contributed by atoms with van der Waals surface area (Å²) in [6.45, 7) is 4.09. The molecule has 2 N–H and O–H groups in total. The van der Waals surface area contributed by atoms with Crippen molar-refractivity contribution in [3.63, 3.8) is 0 Å². The number of ketones is 1. The van der Waals surface area contributed by atoms with Gasteiger partial charge in [0.15, 0.2) is 0 Å². The van der Waals surface area contributed by atoms with Gasteiger partial charge in [0, 0.05) is 6.54 Å². The van der Waals surface area contributed by atoms with Crippen LogP contribution in [0.4, 0.5) is 0 Å². The van der Waals surface area contributed by atoms with Gasteiger partial charge in [-0.3, -0.25) is 9.59 Å². The fourth-order valence-corrected chi connectivity index (χ4v) is 4.28. The van der Waals surface area contributed by atoms with Crippen LogP contribution in [-0.4, -0.2) is 40.5 Å². The number of aliphatic hydroxyl groups is 1. The van der Waals surface area contributed by atoms with Crippen molar-refractivity contribution in [2.45, 2.75) is 32.7 Å². The number of benzene rings is 2. The first-order valence-electron chi connectivity index (χ1n) is 9.82. The second-order valence-electron chi connectivity index (χ2n) is 7.38. The predicted molar refractivity (Wildman–Crippen MR) is 120 cm³/mol. The Labute approximate surface area is 190 Å². The number of phenolic OH excluding ortho intramolecular Hbond substituents is 1. The van der Waals surface area contributed by atoms with Crippen molar-refractivity contribution >= 4 is 40.7 Å². The SMILES string of the molecule is CCCCN1C(=O)C(=O)/C(=C(/O)c2cc(C)cc(Cl)c2OC)C1c1ccc(O)c(Cl)c1. The number of Topliss-reactive ketones (excluding diaryl/α,β-unsaturated/α-hetero) is 1. The van der Waals surface area contributed by atoms with Crippen LogP contribution in [0.2, 0.25) is 10.0 Å². The summed E-state index contributed by atoms with van der Waals surface area (Å²) in [4.78, 5) is 27.3. The zero-order valence-corrected chi connectivity index (χ0v) is 18.9. The van der Waals surface area contributed by atoms with Gasteiger partial charge in [0.2, 0.25) is 0 Å². The van der Waals surface area contributed by atoms with Crippen LogP contribution in [0.1, 0.15) is 42.5 Å². The molecule has 6 nitrogen and oxygen atoms in total. The Hall–Kier alpha value is -2.70. The standard InChI is InChI=1S/C23H23Cl2NO5/c1-4-5-8-26-19(13-6-7-17(27)15(24)11-13)18(21(29)23(26)30)20(28)14-9-12(2)10-16(25)22(14)31-3/h6-7,9-11,19,27-28H,4-5,8H2,1-3H3/b20-18+. The molecule has 1 atom stereocenters. The zero-order valence-electron chi connectivity index (χ0n) is 17.4. The van der Waals surface area contributed by atoms with E-state index in [1.807, 2.05) is 6.92 Å². The van der Waals surface area contributed by atoms with Gasteiger partial charge in [0.1, 0.15) is 17.3 Å². The smallest absolute Gasteiger partial charge is 0.295 e. The van der Waals surface area contributed by atoms with Crippen molar-refractivity contribution in [1.82, 2.24) is 4.90 Å². The summed E-state index contributed by atoms with van der Waals surface area (Å²) in [5, 5.41) is 21.4. The Morgan fingerprint density at radius 2 is 1.87 bits per heavy atom. The van der Waals surface area contributed by atoms with Gasteiger partial charge in [0.25, 0.3) is 11.7 Å². The van der Waals surface area contributed by atoms with Crippen molar-refractivity contribution in [3.05, 3.63) is 62.6 Å². The van der Waals surface area contributed by atoms with Crippen molar-refractivity contribution < 1.29 is 24.5 Å². The molecular weight excluding hydrogens is 441 g/mol. The number of hydrogen-bond acceptors (Lipinski definition) is 5. The summed E-state index contributed by atoms with van der Waals surface area (Å²) < 4.78 is 5.35. The Bertz CT molecular complexity index is 1080. The van der Waals surface area contributed by atoms with Crippen molar-refractivity contribution in [3.8, 4) is 11.5 Å². The van der Waals surface area contributed by atoms with Crippen molar-refractivity contribution in [2.75, 3.05) is 13.7 Å². The lowest BCUT2D eigenvalue weighted by molar-refractivity contribution is -0.139. The van der Waals surface area contributed by atoms with Gasteiger partial charge in [-0.2, -0.15) is 0 Å². The lowest BCUT2D eigenvalue weighted by Gasteiger charge is -2.25. The summed E-state index contributed by atoms with van der Waals surface area (Å²) in [5.74, 6) is -1.81. The molecule has 8 heteroatoms. The molecule has 1 saturated heterocycles. The maximum absolute atomic E-state index is 13.0. The number of methoxy groups -OCH3 is 1. The van der Waals surface area contributed by atoms with E-state index in [2.05, 4.69) is 0 Å². The van der Waals surface area contributed by atoms with E-state index in [1.165, 1.54) is 24.1 Å². The van der Waals surface area contributed by atoms with Crippen LogP contribution in [0.15, 0.2) is 35.9 Å². The minimum absolute atomic E-state index is 0.0785. The number of carbonyl (C=O) groups is 2. The molecule has 1 unspecified atom stereocenters. The highest BCUT2D eigenvalue weighted by atomic mass is 35.5. The van der Waals surface area contributed by atoms with E-state index in [-0.39, 0.29) is 38.4 Å². The van der Waals surface area contributed by atoms with Gasteiger partial charge < -0.3 is 19.8 Å². The molecule has 2 aromatic rings. The van der Waals surface area contributed by atoms with Crippen molar-refractivity contribution in [2.24, 2.45) is 0 Å². The van der Waals surface area contributed by atoms with Crippen LogP contribution in [0, 0.1) is 6.92 Å². The second-order valence-corrected chi connectivity index (χ2v) is 8.20. The van der Waals surface area contributed by atoms with E-state index in [4.69, 9.17) is 27.9 Å². The number of rotatable bonds is 6. The molecule has 0 bridgehead atoms. The molecule has 0 aromatic heterocycles. The molecule has 1 amide bonds. The van der Waals surface area contributed by atoms with E-state index in [9.17, 15) is 19.8 Å². The highest BCUT2D eigenvalue weighted by Gasteiger charge is 2.46. The molecule has 164 valence electrons. The number of phenols is 1. The molecule has 0 saturated carbocycles. The number of aromatic hydroxyl groups is 1. The van der Waals surface area contributed by atoms with Gasteiger partial charge >= 0.3 is 0 Å². The number of likely N-dealkylation sites (tertiary alicyclic amines) is 1. The third-order valence-corrected chi connectivity index (χ3v) is 5.81. The Morgan fingerprint density at radius 3 is 2.48 bits per heavy atom. The molecule has 3 rings (SSSR count). The fourth-order valence-electron chi connectivity index (χ4n) is 3.74. The maximum atomic E-state index is 13.0. The number of aliphatic hydroxyl groups excluding tert-OH is 1. The summed E-state index contributed by atoms with van der Waals surface area (Å²) >= 11 is 12.4. The van der Waals surface area contributed by atoms with E-state index < -0.39 is 17.7 Å². The topological polar surface area (TPSA) is 87.1 Å². The lowest BCUT2D eigenvalue weighted by atomic mass is 9.94. The first-order valence-corrected chi connectivity index (χ1v) is 10.6. The first-order chi connectivity index (χ1) is 14.7.